The molecule has 33 heavy (non-hydrogen) atoms. The number of anilines is 1. The van der Waals surface area contributed by atoms with Crippen LogP contribution in [-0.2, 0) is 12.7 Å². The first-order chi connectivity index (χ1) is 15.8. The monoisotopic (exact) mass is 452 g/mol. The first-order valence-electron chi connectivity index (χ1n) is 11.1. The van der Waals surface area contributed by atoms with E-state index in [1.165, 1.54) is 0 Å². The molecule has 0 saturated carbocycles. The lowest BCUT2D eigenvalue weighted by Gasteiger charge is -2.39. The number of likely N-dealkylation sites (tertiary alicyclic amines) is 1. The lowest BCUT2D eigenvalue weighted by molar-refractivity contribution is -0.137. The van der Waals surface area contributed by atoms with E-state index in [9.17, 15) is 18.0 Å². The number of amides is 1. The number of carbonyl (C=O) groups is 1. The fraction of sp³-hybridized carbons (Fsp3) is 0.296. The van der Waals surface area contributed by atoms with Crippen LogP contribution in [0.4, 0.5) is 18.9 Å². The van der Waals surface area contributed by atoms with Crippen molar-refractivity contribution < 1.29 is 18.0 Å². The maximum atomic E-state index is 13.5. The summed E-state index contributed by atoms with van der Waals surface area (Å²) in [6.07, 6.45) is -2.72. The fourth-order valence-corrected chi connectivity index (χ4v) is 4.38. The van der Waals surface area contributed by atoms with E-state index in [0.29, 0.717) is 12.1 Å². The third-order valence-corrected chi connectivity index (χ3v) is 6.13. The Balaban J connectivity index is 1.46. The van der Waals surface area contributed by atoms with Gasteiger partial charge in [0.15, 0.2) is 0 Å². The SMILES string of the molecule is Cc1cccc(N(C(=O)c2ccccc2)C2CCN(Cc3ccc(C(F)(F)F)cc3)CC2)c1. The van der Waals surface area contributed by atoms with Gasteiger partial charge in [-0.1, -0.05) is 42.5 Å². The molecule has 0 aromatic heterocycles. The Hall–Kier alpha value is -3.12. The second-order valence-electron chi connectivity index (χ2n) is 8.58. The van der Waals surface area contributed by atoms with Crippen molar-refractivity contribution in [2.24, 2.45) is 0 Å². The molecular formula is C27H27F3N2O. The van der Waals surface area contributed by atoms with Gasteiger partial charge in [0.05, 0.1) is 5.56 Å². The Kier molecular flexibility index (Phi) is 6.84. The number of alkyl halides is 3. The molecule has 0 atom stereocenters. The Morgan fingerprint density at radius 2 is 1.61 bits per heavy atom. The minimum atomic E-state index is -4.32. The molecule has 0 N–H and O–H groups in total. The van der Waals surface area contributed by atoms with E-state index in [1.54, 1.807) is 12.1 Å². The Morgan fingerprint density at radius 3 is 2.21 bits per heavy atom. The molecule has 3 aromatic rings. The molecule has 1 heterocycles. The summed E-state index contributed by atoms with van der Waals surface area (Å²) in [4.78, 5) is 17.6. The molecule has 1 amide bonds. The standard InChI is InChI=1S/C27H27F3N2O/c1-20-6-5-9-25(18-20)32(26(33)22-7-3-2-4-8-22)24-14-16-31(17-15-24)19-21-10-12-23(13-11-21)27(28,29)30/h2-13,18,24H,14-17,19H2,1H3. The molecule has 0 bridgehead atoms. The zero-order valence-electron chi connectivity index (χ0n) is 18.6. The molecule has 6 heteroatoms. The van der Waals surface area contributed by atoms with Gasteiger partial charge in [-0.15, -0.1) is 0 Å². The molecule has 0 aliphatic carbocycles. The van der Waals surface area contributed by atoms with Gasteiger partial charge in [-0.25, -0.2) is 0 Å². The largest absolute Gasteiger partial charge is 0.416 e. The smallest absolute Gasteiger partial charge is 0.305 e. The molecule has 0 spiro atoms. The van der Waals surface area contributed by atoms with Crippen molar-refractivity contribution >= 4 is 11.6 Å². The maximum Gasteiger partial charge on any atom is 0.416 e. The summed E-state index contributed by atoms with van der Waals surface area (Å²) in [6, 6.07) is 22.7. The predicted molar refractivity (Wildman–Crippen MR) is 124 cm³/mol. The number of aryl methyl sites for hydroxylation is 1. The van der Waals surface area contributed by atoms with Crippen LogP contribution in [0.2, 0.25) is 0 Å². The van der Waals surface area contributed by atoms with Crippen molar-refractivity contribution in [2.45, 2.75) is 38.5 Å². The average molecular weight is 453 g/mol. The molecule has 1 fully saturated rings. The van der Waals surface area contributed by atoms with Crippen LogP contribution in [0, 0.1) is 6.92 Å². The van der Waals surface area contributed by atoms with Crippen molar-refractivity contribution in [3.8, 4) is 0 Å². The zero-order chi connectivity index (χ0) is 23.4. The minimum absolute atomic E-state index is 0.0117. The molecule has 4 rings (SSSR count). The number of rotatable bonds is 5. The molecule has 172 valence electrons. The first kappa shape index (κ1) is 23.1. The highest BCUT2D eigenvalue weighted by Gasteiger charge is 2.31. The van der Waals surface area contributed by atoms with Gasteiger partial charge in [0.25, 0.3) is 5.91 Å². The van der Waals surface area contributed by atoms with Crippen molar-refractivity contribution in [3.05, 3.63) is 101 Å². The van der Waals surface area contributed by atoms with Crippen LogP contribution < -0.4 is 4.90 Å². The van der Waals surface area contributed by atoms with Crippen LogP contribution in [0.25, 0.3) is 0 Å². The van der Waals surface area contributed by atoms with Gasteiger partial charge in [-0.3, -0.25) is 9.69 Å². The van der Waals surface area contributed by atoms with Crippen LogP contribution in [0.3, 0.4) is 0 Å². The summed E-state index contributed by atoms with van der Waals surface area (Å²) in [5, 5.41) is 0. The van der Waals surface area contributed by atoms with Gasteiger partial charge >= 0.3 is 6.18 Å². The highest BCUT2D eigenvalue weighted by atomic mass is 19.4. The fourth-order valence-electron chi connectivity index (χ4n) is 4.38. The third kappa shape index (κ3) is 5.63. The molecule has 1 aliphatic rings. The summed E-state index contributed by atoms with van der Waals surface area (Å²) < 4.78 is 38.4. The molecule has 1 saturated heterocycles. The van der Waals surface area contributed by atoms with Crippen molar-refractivity contribution in [1.29, 1.82) is 0 Å². The van der Waals surface area contributed by atoms with E-state index in [4.69, 9.17) is 0 Å². The third-order valence-electron chi connectivity index (χ3n) is 6.13. The number of piperidine rings is 1. The quantitative estimate of drug-likeness (QED) is 0.452. The van der Waals surface area contributed by atoms with Crippen molar-refractivity contribution in [3.63, 3.8) is 0 Å². The van der Waals surface area contributed by atoms with Gasteiger partial charge in [-0.2, -0.15) is 13.2 Å². The van der Waals surface area contributed by atoms with Gasteiger partial charge in [0.1, 0.15) is 0 Å². The average Bonchev–Trinajstić information content (AvgIpc) is 2.81. The minimum Gasteiger partial charge on any atom is -0.305 e. The maximum absolute atomic E-state index is 13.5. The summed E-state index contributed by atoms with van der Waals surface area (Å²) in [6.45, 7) is 4.16. The summed E-state index contributed by atoms with van der Waals surface area (Å²) in [5.41, 5.74) is 2.88. The lowest BCUT2D eigenvalue weighted by Crippen LogP contribution is -2.47. The summed E-state index contributed by atoms with van der Waals surface area (Å²) in [5.74, 6) is -0.0117. The van der Waals surface area contributed by atoms with Crippen molar-refractivity contribution in [1.82, 2.24) is 4.90 Å². The second-order valence-corrected chi connectivity index (χ2v) is 8.58. The molecular weight excluding hydrogens is 425 g/mol. The zero-order valence-corrected chi connectivity index (χ0v) is 18.6. The van der Waals surface area contributed by atoms with E-state index < -0.39 is 11.7 Å². The highest BCUT2D eigenvalue weighted by molar-refractivity contribution is 6.06. The Morgan fingerprint density at radius 1 is 0.939 bits per heavy atom. The van der Waals surface area contributed by atoms with Crippen LogP contribution in [0.15, 0.2) is 78.9 Å². The first-order valence-corrected chi connectivity index (χ1v) is 11.1. The molecule has 3 nitrogen and oxygen atoms in total. The number of carbonyl (C=O) groups excluding carboxylic acids is 1. The van der Waals surface area contributed by atoms with E-state index in [1.807, 2.05) is 66.4 Å². The Labute approximate surface area is 192 Å². The second kappa shape index (κ2) is 9.79. The van der Waals surface area contributed by atoms with E-state index >= 15 is 0 Å². The van der Waals surface area contributed by atoms with Gasteiger partial charge in [0.2, 0.25) is 0 Å². The number of benzene rings is 3. The number of nitrogens with zero attached hydrogens (tertiary/aromatic N) is 2. The van der Waals surface area contributed by atoms with Gasteiger partial charge in [-0.05, 0) is 67.3 Å². The molecule has 0 unspecified atom stereocenters. The number of hydrogen-bond donors (Lipinski definition) is 0. The van der Waals surface area contributed by atoms with E-state index in [0.717, 1.165) is 54.9 Å². The van der Waals surface area contributed by atoms with Gasteiger partial charge < -0.3 is 4.90 Å². The molecule has 3 aromatic carbocycles. The highest BCUT2D eigenvalue weighted by Crippen LogP contribution is 2.30. The Bertz CT molecular complexity index is 1070. The van der Waals surface area contributed by atoms with Crippen LogP contribution in [-0.4, -0.2) is 29.9 Å². The van der Waals surface area contributed by atoms with Crippen LogP contribution in [0.5, 0.6) is 0 Å². The van der Waals surface area contributed by atoms with Gasteiger partial charge in [0, 0.05) is 36.9 Å². The summed E-state index contributed by atoms with van der Waals surface area (Å²) >= 11 is 0. The van der Waals surface area contributed by atoms with E-state index in [-0.39, 0.29) is 11.9 Å². The van der Waals surface area contributed by atoms with Crippen molar-refractivity contribution in [2.75, 3.05) is 18.0 Å². The lowest BCUT2D eigenvalue weighted by atomic mass is 9.99. The van der Waals surface area contributed by atoms with E-state index in [2.05, 4.69) is 4.90 Å². The molecule has 0 radical (unpaired) electrons. The summed E-state index contributed by atoms with van der Waals surface area (Å²) in [7, 11) is 0. The topological polar surface area (TPSA) is 23.6 Å². The predicted octanol–water partition coefficient (Wildman–Crippen LogP) is 6.33. The normalized spacial score (nSPS) is 15.4. The van der Waals surface area contributed by atoms with Crippen LogP contribution in [0.1, 0.15) is 39.9 Å². The molecule has 1 aliphatic heterocycles. The number of hydrogen-bond acceptors (Lipinski definition) is 2. The van der Waals surface area contributed by atoms with Crippen LogP contribution >= 0.6 is 0 Å². The number of halogens is 3.